The van der Waals surface area contributed by atoms with Crippen molar-refractivity contribution in [2.45, 2.75) is 38.3 Å². The van der Waals surface area contributed by atoms with Gasteiger partial charge >= 0.3 is 0 Å². The van der Waals surface area contributed by atoms with Crippen LogP contribution in [0.2, 0.25) is 0 Å². The molecule has 2 aliphatic heterocycles. The van der Waals surface area contributed by atoms with Crippen molar-refractivity contribution in [2.75, 3.05) is 13.2 Å². The summed E-state index contributed by atoms with van der Waals surface area (Å²) in [6.45, 7) is 3.67. The van der Waals surface area contributed by atoms with Crippen LogP contribution in [0.15, 0.2) is 30.3 Å². The van der Waals surface area contributed by atoms with E-state index in [1.165, 1.54) is 5.56 Å². The summed E-state index contributed by atoms with van der Waals surface area (Å²) in [5.41, 5.74) is 1.25. The molecule has 0 bridgehead atoms. The molecule has 0 spiro atoms. The van der Waals surface area contributed by atoms with Crippen LogP contribution in [0.3, 0.4) is 0 Å². The zero-order chi connectivity index (χ0) is 12.4. The smallest absolute Gasteiger partial charge is 0.163 e. The summed E-state index contributed by atoms with van der Waals surface area (Å²) in [6.07, 6.45) is 2.56. The third-order valence-corrected chi connectivity index (χ3v) is 3.87. The van der Waals surface area contributed by atoms with Crippen LogP contribution in [0.5, 0.6) is 0 Å². The van der Waals surface area contributed by atoms with Crippen molar-refractivity contribution in [3.63, 3.8) is 0 Å². The molecule has 0 aromatic heterocycles. The van der Waals surface area contributed by atoms with Crippen molar-refractivity contribution in [3.05, 3.63) is 35.9 Å². The molecule has 0 radical (unpaired) electrons. The summed E-state index contributed by atoms with van der Waals surface area (Å²) in [5, 5.41) is 0. The molecule has 0 aliphatic carbocycles. The highest BCUT2D eigenvalue weighted by Gasteiger charge is 2.46. The van der Waals surface area contributed by atoms with Crippen LogP contribution >= 0.6 is 0 Å². The Morgan fingerprint density at radius 1 is 1.33 bits per heavy atom. The van der Waals surface area contributed by atoms with Crippen molar-refractivity contribution in [3.8, 4) is 0 Å². The third kappa shape index (κ3) is 2.30. The summed E-state index contributed by atoms with van der Waals surface area (Å²) < 4.78 is 17.1. The molecule has 0 amide bonds. The van der Waals surface area contributed by atoms with Crippen molar-refractivity contribution in [2.24, 2.45) is 5.92 Å². The summed E-state index contributed by atoms with van der Waals surface area (Å²) in [4.78, 5) is 0. The minimum Gasteiger partial charge on any atom is -0.371 e. The SMILES string of the molecule is CCC(OCC1OC2OCCC12)c1ccccc1. The minimum atomic E-state index is 0.0513. The van der Waals surface area contributed by atoms with Gasteiger partial charge in [0.25, 0.3) is 0 Å². The molecule has 2 fully saturated rings. The number of rotatable bonds is 5. The maximum absolute atomic E-state index is 6.01. The Balaban J connectivity index is 1.52. The van der Waals surface area contributed by atoms with Gasteiger partial charge in [0, 0.05) is 5.92 Å². The van der Waals surface area contributed by atoms with Crippen LogP contribution in [-0.4, -0.2) is 25.6 Å². The molecule has 3 heteroatoms. The molecule has 4 unspecified atom stereocenters. The molecule has 0 saturated carbocycles. The highest BCUT2D eigenvalue weighted by molar-refractivity contribution is 5.17. The second kappa shape index (κ2) is 5.39. The minimum absolute atomic E-state index is 0.0513. The Labute approximate surface area is 108 Å². The number of hydrogen-bond donors (Lipinski definition) is 0. The molecule has 2 saturated heterocycles. The van der Waals surface area contributed by atoms with Gasteiger partial charge in [0.05, 0.1) is 25.4 Å². The molecule has 98 valence electrons. The lowest BCUT2D eigenvalue weighted by Gasteiger charge is -2.39. The van der Waals surface area contributed by atoms with E-state index in [2.05, 4.69) is 31.2 Å². The van der Waals surface area contributed by atoms with Crippen LogP contribution in [0.4, 0.5) is 0 Å². The Morgan fingerprint density at radius 2 is 2.17 bits per heavy atom. The van der Waals surface area contributed by atoms with Crippen LogP contribution in [0.25, 0.3) is 0 Å². The van der Waals surface area contributed by atoms with E-state index in [-0.39, 0.29) is 18.5 Å². The second-order valence-electron chi connectivity index (χ2n) is 5.01. The van der Waals surface area contributed by atoms with E-state index >= 15 is 0 Å². The Morgan fingerprint density at radius 3 is 2.89 bits per heavy atom. The van der Waals surface area contributed by atoms with Crippen molar-refractivity contribution >= 4 is 0 Å². The molecular weight excluding hydrogens is 228 g/mol. The first-order chi connectivity index (χ1) is 8.88. The van der Waals surface area contributed by atoms with Gasteiger partial charge in [-0.05, 0) is 18.4 Å². The van der Waals surface area contributed by atoms with Crippen LogP contribution in [0, 0.1) is 5.92 Å². The van der Waals surface area contributed by atoms with Gasteiger partial charge in [-0.2, -0.15) is 0 Å². The fraction of sp³-hybridized carbons (Fsp3) is 0.600. The fourth-order valence-electron chi connectivity index (χ4n) is 2.76. The lowest BCUT2D eigenvalue weighted by molar-refractivity contribution is -0.277. The zero-order valence-corrected chi connectivity index (χ0v) is 10.7. The average Bonchev–Trinajstić information content (AvgIpc) is 2.77. The number of ether oxygens (including phenoxy) is 3. The van der Waals surface area contributed by atoms with Gasteiger partial charge in [0.1, 0.15) is 0 Å². The summed E-state index contributed by atoms with van der Waals surface area (Å²) >= 11 is 0. The molecule has 3 nitrogen and oxygen atoms in total. The molecule has 1 aromatic rings. The maximum atomic E-state index is 6.01. The largest absolute Gasteiger partial charge is 0.371 e. The van der Waals surface area contributed by atoms with E-state index in [1.54, 1.807) is 0 Å². The lowest BCUT2D eigenvalue weighted by atomic mass is 9.95. The maximum Gasteiger partial charge on any atom is 0.163 e. The van der Waals surface area contributed by atoms with Gasteiger partial charge in [-0.15, -0.1) is 0 Å². The average molecular weight is 248 g/mol. The zero-order valence-electron chi connectivity index (χ0n) is 10.7. The molecule has 3 rings (SSSR count). The van der Waals surface area contributed by atoms with Crippen molar-refractivity contribution < 1.29 is 14.2 Å². The van der Waals surface area contributed by atoms with Crippen LogP contribution < -0.4 is 0 Å². The number of fused-ring (bicyclic) bond motifs is 1. The predicted octanol–water partition coefficient (Wildman–Crippen LogP) is 2.92. The van der Waals surface area contributed by atoms with E-state index in [4.69, 9.17) is 14.2 Å². The second-order valence-corrected chi connectivity index (χ2v) is 5.01. The monoisotopic (exact) mass is 248 g/mol. The molecule has 1 aromatic carbocycles. The summed E-state index contributed by atoms with van der Waals surface area (Å²) in [7, 11) is 0. The summed E-state index contributed by atoms with van der Waals surface area (Å²) in [5.74, 6) is 0.554. The molecule has 2 aliphatic rings. The molecule has 18 heavy (non-hydrogen) atoms. The third-order valence-electron chi connectivity index (χ3n) is 3.87. The van der Waals surface area contributed by atoms with Gasteiger partial charge < -0.3 is 14.2 Å². The lowest BCUT2D eigenvalue weighted by Crippen LogP contribution is -2.48. The van der Waals surface area contributed by atoms with Gasteiger partial charge in [-0.3, -0.25) is 0 Å². The molecule has 0 N–H and O–H groups in total. The van der Waals surface area contributed by atoms with Gasteiger partial charge in [0.2, 0.25) is 0 Å². The molecular formula is C15H20O3. The van der Waals surface area contributed by atoms with Gasteiger partial charge in [-0.25, -0.2) is 0 Å². The van der Waals surface area contributed by atoms with E-state index in [0.29, 0.717) is 12.5 Å². The van der Waals surface area contributed by atoms with E-state index in [0.717, 1.165) is 19.4 Å². The topological polar surface area (TPSA) is 27.7 Å². The molecule has 4 atom stereocenters. The van der Waals surface area contributed by atoms with Crippen LogP contribution in [-0.2, 0) is 14.2 Å². The molecule has 2 heterocycles. The Hall–Kier alpha value is -0.900. The van der Waals surface area contributed by atoms with Gasteiger partial charge in [0.15, 0.2) is 6.29 Å². The first-order valence-corrected chi connectivity index (χ1v) is 6.82. The standard InChI is InChI=1S/C15H20O3/c1-2-13(11-6-4-3-5-7-11)17-10-14-12-8-9-16-15(12)18-14/h3-7,12-15H,2,8-10H2,1H3. The van der Waals surface area contributed by atoms with E-state index in [9.17, 15) is 0 Å². The predicted molar refractivity (Wildman–Crippen MR) is 68.1 cm³/mol. The number of benzene rings is 1. The van der Waals surface area contributed by atoms with Gasteiger partial charge in [-0.1, -0.05) is 37.3 Å². The normalized spacial score (nSPS) is 31.7. The quantitative estimate of drug-likeness (QED) is 0.802. The van der Waals surface area contributed by atoms with E-state index in [1.807, 2.05) is 6.07 Å². The van der Waals surface area contributed by atoms with Crippen molar-refractivity contribution in [1.29, 1.82) is 0 Å². The first-order valence-electron chi connectivity index (χ1n) is 6.82. The highest BCUT2D eigenvalue weighted by atomic mass is 16.7. The fourth-order valence-corrected chi connectivity index (χ4v) is 2.76. The highest BCUT2D eigenvalue weighted by Crippen LogP contribution is 2.38. The number of hydrogen-bond acceptors (Lipinski definition) is 3. The summed E-state index contributed by atoms with van der Waals surface area (Å²) in [6, 6.07) is 10.4. The van der Waals surface area contributed by atoms with E-state index < -0.39 is 0 Å². The Bertz CT molecular complexity index is 379. The Kier molecular flexibility index (Phi) is 3.64. The van der Waals surface area contributed by atoms with Crippen molar-refractivity contribution in [1.82, 2.24) is 0 Å². The van der Waals surface area contributed by atoms with Crippen LogP contribution in [0.1, 0.15) is 31.4 Å². The first kappa shape index (κ1) is 12.2.